The summed E-state index contributed by atoms with van der Waals surface area (Å²) < 4.78 is 0. The van der Waals surface area contributed by atoms with E-state index in [1.54, 1.807) is 0 Å². The Morgan fingerprint density at radius 1 is 1.29 bits per heavy atom. The maximum absolute atomic E-state index is 4.66. The summed E-state index contributed by atoms with van der Waals surface area (Å²) in [6.45, 7) is 6.97. The monoisotopic (exact) mass is 281 g/mol. The predicted molar refractivity (Wildman–Crippen MR) is 89.5 cm³/mol. The molecule has 0 radical (unpaired) electrons. The van der Waals surface area contributed by atoms with Gasteiger partial charge in [0.05, 0.1) is 11.6 Å². The summed E-state index contributed by atoms with van der Waals surface area (Å²) in [6, 6.07) is 6.32. The molecule has 1 aromatic rings. The van der Waals surface area contributed by atoms with E-state index in [4.69, 9.17) is 0 Å². The van der Waals surface area contributed by atoms with Crippen molar-refractivity contribution in [2.45, 2.75) is 20.8 Å². The molecule has 0 saturated carbocycles. The maximum Gasteiger partial charge on any atom is 0.0795 e. The van der Waals surface area contributed by atoms with Crippen LogP contribution in [0.15, 0.2) is 35.0 Å². The molecule has 1 aliphatic rings. The highest BCUT2D eigenvalue weighted by Crippen LogP contribution is 2.22. The average molecular weight is 281 g/mol. The van der Waals surface area contributed by atoms with Crippen molar-refractivity contribution in [2.75, 3.05) is 20.6 Å². The van der Waals surface area contributed by atoms with Gasteiger partial charge in [0.15, 0.2) is 0 Å². The minimum atomic E-state index is 0.0723. The standard InChI is InChI=1S/C18H23N3/c1-6-7-16(17-12-20(4)21(5)13-17)11-19-18-9-8-14(2)10-15(18)3/h8-12,16H,13H2,1-5H3/b19-11-/t16-/m0/s1. The molecule has 3 heteroatoms. The van der Waals surface area contributed by atoms with Crippen molar-refractivity contribution in [3.8, 4) is 11.8 Å². The number of likely N-dealkylation sites (N-methyl/N-ethyl adjacent to an activating group) is 1. The van der Waals surface area contributed by atoms with Gasteiger partial charge >= 0.3 is 0 Å². The topological polar surface area (TPSA) is 18.8 Å². The van der Waals surface area contributed by atoms with E-state index in [1.165, 1.54) is 16.7 Å². The zero-order chi connectivity index (χ0) is 15.4. The number of aliphatic imine (C=N–C) groups is 1. The van der Waals surface area contributed by atoms with Crippen LogP contribution >= 0.6 is 0 Å². The van der Waals surface area contributed by atoms with E-state index in [9.17, 15) is 0 Å². The smallest absolute Gasteiger partial charge is 0.0795 e. The van der Waals surface area contributed by atoms with Gasteiger partial charge in [-0.25, -0.2) is 5.01 Å². The SMILES string of the molecule is CC#C[C@@H](/C=N\c1ccc(C)cc1C)C1=CN(C)N(C)C1. The van der Waals surface area contributed by atoms with Crippen molar-refractivity contribution >= 4 is 11.9 Å². The Kier molecular flexibility index (Phi) is 4.82. The number of hydrogen-bond donors (Lipinski definition) is 0. The fourth-order valence-electron chi connectivity index (χ4n) is 2.42. The van der Waals surface area contributed by atoms with Crippen molar-refractivity contribution in [2.24, 2.45) is 10.9 Å². The van der Waals surface area contributed by atoms with Crippen LogP contribution in [0.4, 0.5) is 5.69 Å². The van der Waals surface area contributed by atoms with Gasteiger partial charge in [-0.1, -0.05) is 23.6 Å². The molecular formula is C18H23N3. The Labute approximate surface area is 127 Å². The van der Waals surface area contributed by atoms with Crippen molar-refractivity contribution in [3.05, 3.63) is 41.1 Å². The molecule has 0 saturated heterocycles. The first-order chi connectivity index (χ1) is 10.0. The van der Waals surface area contributed by atoms with Gasteiger partial charge in [-0.2, -0.15) is 0 Å². The number of nitrogens with zero attached hydrogens (tertiary/aromatic N) is 3. The van der Waals surface area contributed by atoms with Crippen LogP contribution in [0.2, 0.25) is 0 Å². The van der Waals surface area contributed by atoms with E-state index < -0.39 is 0 Å². The summed E-state index contributed by atoms with van der Waals surface area (Å²) in [7, 11) is 4.12. The fourth-order valence-corrected chi connectivity index (χ4v) is 2.42. The van der Waals surface area contributed by atoms with Gasteiger partial charge in [0, 0.05) is 33.1 Å². The first-order valence-electron chi connectivity index (χ1n) is 7.19. The van der Waals surface area contributed by atoms with Gasteiger partial charge in [0.25, 0.3) is 0 Å². The molecule has 0 fully saturated rings. The molecule has 2 rings (SSSR count). The highest BCUT2D eigenvalue weighted by molar-refractivity contribution is 5.73. The Morgan fingerprint density at radius 3 is 2.62 bits per heavy atom. The third-order valence-electron chi connectivity index (χ3n) is 3.72. The molecule has 0 spiro atoms. The summed E-state index contributed by atoms with van der Waals surface area (Å²) in [5.74, 6) is 6.33. The lowest BCUT2D eigenvalue weighted by molar-refractivity contribution is 0.116. The molecule has 0 N–H and O–H groups in total. The molecule has 1 aromatic carbocycles. The lowest BCUT2D eigenvalue weighted by Gasteiger charge is -2.19. The van der Waals surface area contributed by atoms with Gasteiger partial charge in [-0.15, -0.1) is 5.92 Å². The molecule has 0 amide bonds. The largest absolute Gasteiger partial charge is 0.316 e. The van der Waals surface area contributed by atoms with E-state index in [1.807, 2.05) is 20.2 Å². The zero-order valence-electron chi connectivity index (χ0n) is 13.5. The van der Waals surface area contributed by atoms with Crippen LogP contribution in [0.1, 0.15) is 18.1 Å². The molecular weight excluding hydrogens is 258 g/mol. The van der Waals surface area contributed by atoms with Crippen molar-refractivity contribution in [1.82, 2.24) is 10.0 Å². The van der Waals surface area contributed by atoms with Crippen molar-refractivity contribution in [1.29, 1.82) is 0 Å². The molecule has 0 aromatic heterocycles. The molecule has 1 aliphatic heterocycles. The summed E-state index contributed by atoms with van der Waals surface area (Å²) in [5, 5.41) is 4.25. The first-order valence-corrected chi connectivity index (χ1v) is 7.19. The van der Waals surface area contributed by atoms with Crippen LogP contribution in [0.5, 0.6) is 0 Å². The predicted octanol–water partition coefficient (Wildman–Crippen LogP) is 3.32. The highest BCUT2D eigenvalue weighted by Gasteiger charge is 2.20. The van der Waals surface area contributed by atoms with E-state index in [0.29, 0.717) is 0 Å². The van der Waals surface area contributed by atoms with Crippen LogP contribution in [0.3, 0.4) is 0 Å². The number of aryl methyl sites for hydroxylation is 2. The minimum Gasteiger partial charge on any atom is -0.316 e. The molecule has 0 bridgehead atoms. The normalized spacial score (nSPS) is 16.8. The highest BCUT2D eigenvalue weighted by atomic mass is 15.6. The van der Waals surface area contributed by atoms with Crippen LogP contribution in [0.25, 0.3) is 0 Å². The van der Waals surface area contributed by atoms with Crippen LogP contribution in [-0.4, -0.2) is 36.9 Å². The third kappa shape index (κ3) is 3.74. The lowest BCUT2D eigenvalue weighted by Crippen LogP contribution is -2.27. The Morgan fingerprint density at radius 2 is 2.05 bits per heavy atom. The van der Waals surface area contributed by atoms with Gasteiger partial charge < -0.3 is 5.01 Å². The van der Waals surface area contributed by atoms with E-state index >= 15 is 0 Å². The van der Waals surface area contributed by atoms with E-state index in [2.05, 4.69) is 72.1 Å². The molecule has 3 nitrogen and oxygen atoms in total. The summed E-state index contributed by atoms with van der Waals surface area (Å²) in [4.78, 5) is 4.66. The van der Waals surface area contributed by atoms with Crippen molar-refractivity contribution < 1.29 is 0 Å². The van der Waals surface area contributed by atoms with Gasteiger partial charge in [0.1, 0.15) is 0 Å². The number of rotatable bonds is 3. The molecule has 110 valence electrons. The second-order valence-corrected chi connectivity index (χ2v) is 5.53. The summed E-state index contributed by atoms with van der Waals surface area (Å²) in [5.41, 5.74) is 4.76. The second-order valence-electron chi connectivity index (χ2n) is 5.53. The first kappa shape index (κ1) is 15.3. The molecule has 0 aliphatic carbocycles. The van der Waals surface area contributed by atoms with Gasteiger partial charge in [-0.05, 0) is 38.0 Å². The number of hydrazine groups is 1. The quantitative estimate of drug-likeness (QED) is 0.625. The molecule has 21 heavy (non-hydrogen) atoms. The van der Waals surface area contributed by atoms with Gasteiger partial charge in [0.2, 0.25) is 0 Å². The Balaban J connectivity index is 2.22. The number of benzene rings is 1. The van der Waals surface area contributed by atoms with Crippen LogP contribution < -0.4 is 0 Å². The van der Waals surface area contributed by atoms with E-state index in [0.717, 1.165) is 12.2 Å². The zero-order valence-corrected chi connectivity index (χ0v) is 13.5. The lowest BCUT2D eigenvalue weighted by atomic mass is 10.0. The van der Waals surface area contributed by atoms with Gasteiger partial charge in [-0.3, -0.25) is 4.99 Å². The van der Waals surface area contributed by atoms with Crippen LogP contribution in [0, 0.1) is 31.6 Å². The molecule has 1 atom stereocenters. The maximum atomic E-state index is 4.66. The Bertz CT molecular complexity index is 632. The second kappa shape index (κ2) is 6.60. The Hall–Kier alpha value is -2.05. The fraction of sp³-hybridized carbons (Fsp3) is 0.389. The van der Waals surface area contributed by atoms with E-state index in [-0.39, 0.29) is 5.92 Å². The number of hydrogen-bond acceptors (Lipinski definition) is 3. The third-order valence-corrected chi connectivity index (χ3v) is 3.72. The van der Waals surface area contributed by atoms with Crippen LogP contribution in [-0.2, 0) is 0 Å². The minimum absolute atomic E-state index is 0.0723. The summed E-state index contributed by atoms with van der Waals surface area (Å²) in [6.07, 6.45) is 4.11. The summed E-state index contributed by atoms with van der Waals surface area (Å²) >= 11 is 0. The molecule has 1 heterocycles. The van der Waals surface area contributed by atoms with Crippen molar-refractivity contribution in [3.63, 3.8) is 0 Å². The average Bonchev–Trinajstić information content (AvgIpc) is 2.76. The molecule has 0 unspecified atom stereocenters.